The Bertz CT molecular complexity index is 156. The van der Waals surface area contributed by atoms with Gasteiger partial charge in [-0.3, -0.25) is 4.79 Å². The normalized spacial score (nSPS) is 15.1. The van der Waals surface area contributed by atoms with Crippen LogP contribution < -0.4 is 0 Å². The second kappa shape index (κ2) is 5.97. The Balaban J connectivity index is 3.88. The molecule has 78 valence electrons. The lowest BCUT2D eigenvalue weighted by Crippen LogP contribution is -2.33. The van der Waals surface area contributed by atoms with E-state index in [2.05, 4.69) is 6.92 Å². The Morgan fingerprint density at radius 2 is 2.00 bits per heavy atom. The van der Waals surface area contributed by atoms with Crippen molar-refractivity contribution in [1.29, 1.82) is 0 Å². The molecule has 0 aliphatic heterocycles. The van der Waals surface area contributed by atoms with Gasteiger partial charge in [-0.1, -0.05) is 26.7 Å². The summed E-state index contributed by atoms with van der Waals surface area (Å²) in [6, 6.07) is 0. The average molecular weight is 188 g/mol. The number of rotatable bonds is 6. The Labute approximate surface area is 80.1 Å². The predicted molar refractivity (Wildman–Crippen MR) is 51.1 cm³/mol. The van der Waals surface area contributed by atoms with Crippen molar-refractivity contribution in [3.05, 3.63) is 0 Å². The minimum atomic E-state index is -1.24. The molecule has 0 bridgehead atoms. The van der Waals surface area contributed by atoms with E-state index in [4.69, 9.17) is 4.74 Å². The molecule has 3 nitrogen and oxygen atoms in total. The van der Waals surface area contributed by atoms with Crippen molar-refractivity contribution in [2.75, 3.05) is 0 Å². The zero-order chi connectivity index (χ0) is 10.3. The average Bonchev–Trinajstić information content (AvgIpc) is 2.04. The van der Waals surface area contributed by atoms with Gasteiger partial charge < -0.3 is 9.84 Å². The van der Waals surface area contributed by atoms with Gasteiger partial charge in [-0.05, 0) is 6.42 Å². The molecule has 0 aromatic rings. The van der Waals surface area contributed by atoms with Gasteiger partial charge in [-0.15, -0.1) is 0 Å². The minimum Gasteiger partial charge on any atom is -0.433 e. The molecule has 1 N–H and O–H groups in total. The molecule has 0 saturated heterocycles. The lowest BCUT2D eigenvalue weighted by atomic mass is 10.1. The highest BCUT2D eigenvalue weighted by atomic mass is 16.7. The van der Waals surface area contributed by atoms with E-state index in [1.165, 1.54) is 6.92 Å². The number of aliphatic hydroxyl groups is 1. The van der Waals surface area contributed by atoms with E-state index in [1.54, 1.807) is 0 Å². The van der Waals surface area contributed by atoms with Gasteiger partial charge in [0.1, 0.15) is 0 Å². The van der Waals surface area contributed by atoms with Crippen LogP contribution in [0.3, 0.4) is 0 Å². The van der Waals surface area contributed by atoms with Crippen LogP contribution in [0, 0.1) is 0 Å². The summed E-state index contributed by atoms with van der Waals surface area (Å²) >= 11 is 0. The molecule has 0 amide bonds. The van der Waals surface area contributed by atoms with E-state index in [1.807, 2.05) is 6.92 Å². The first-order chi connectivity index (χ1) is 6.04. The summed E-state index contributed by atoms with van der Waals surface area (Å²) < 4.78 is 4.85. The Hall–Kier alpha value is -0.570. The SMILES string of the molecule is CCCCCC(O)(CC)OC(C)=O. The van der Waals surface area contributed by atoms with Crippen molar-refractivity contribution in [2.45, 2.75) is 58.7 Å². The first-order valence-corrected chi connectivity index (χ1v) is 4.96. The van der Waals surface area contributed by atoms with Crippen LogP contribution in [0.5, 0.6) is 0 Å². The summed E-state index contributed by atoms with van der Waals surface area (Å²) in [7, 11) is 0. The molecule has 13 heavy (non-hydrogen) atoms. The van der Waals surface area contributed by atoms with Crippen molar-refractivity contribution in [3.8, 4) is 0 Å². The van der Waals surface area contributed by atoms with Gasteiger partial charge in [-0.25, -0.2) is 0 Å². The number of hydrogen-bond donors (Lipinski definition) is 1. The van der Waals surface area contributed by atoms with E-state index in [-0.39, 0.29) is 0 Å². The zero-order valence-electron chi connectivity index (χ0n) is 8.80. The van der Waals surface area contributed by atoms with Crippen LogP contribution in [-0.2, 0) is 9.53 Å². The molecular weight excluding hydrogens is 168 g/mol. The fourth-order valence-electron chi connectivity index (χ4n) is 1.22. The number of esters is 1. The third-order valence-electron chi connectivity index (χ3n) is 2.06. The van der Waals surface area contributed by atoms with Crippen LogP contribution in [-0.4, -0.2) is 16.9 Å². The van der Waals surface area contributed by atoms with Crippen molar-refractivity contribution in [2.24, 2.45) is 0 Å². The number of hydrogen-bond acceptors (Lipinski definition) is 3. The number of carbonyl (C=O) groups is 1. The summed E-state index contributed by atoms with van der Waals surface area (Å²) in [5.74, 6) is -1.65. The summed E-state index contributed by atoms with van der Waals surface area (Å²) in [5, 5.41) is 9.77. The smallest absolute Gasteiger partial charge is 0.305 e. The van der Waals surface area contributed by atoms with Crippen LogP contribution >= 0.6 is 0 Å². The van der Waals surface area contributed by atoms with E-state index >= 15 is 0 Å². The van der Waals surface area contributed by atoms with Gasteiger partial charge in [0, 0.05) is 19.8 Å². The summed E-state index contributed by atoms with van der Waals surface area (Å²) in [6.45, 7) is 5.23. The molecule has 0 heterocycles. The van der Waals surface area contributed by atoms with E-state index in [9.17, 15) is 9.90 Å². The van der Waals surface area contributed by atoms with Crippen LogP contribution in [0.1, 0.15) is 52.9 Å². The van der Waals surface area contributed by atoms with Crippen LogP contribution in [0.15, 0.2) is 0 Å². The van der Waals surface area contributed by atoms with Gasteiger partial charge in [0.25, 0.3) is 0 Å². The van der Waals surface area contributed by atoms with Crippen molar-refractivity contribution in [1.82, 2.24) is 0 Å². The topological polar surface area (TPSA) is 46.5 Å². The standard InChI is InChI=1S/C10H20O3/c1-4-6-7-8-10(12,5-2)13-9(3)11/h12H,4-8H2,1-3H3. The van der Waals surface area contributed by atoms with Crippen molar-refractivity contribution in [3.63, 3.8) is 0 Å². The van der Waals surface area contributed by atoms with Gasteiger partial charge in [0.15, 0.2) is 0 Å². The molecule has 0 aliphatic carbocycles. The largest absolute Gasteiger partial charge is 0.433 e. The maximum atomic E-state index is 10.7. The first kappa shape index (κ1) is 12.4. The Morgan fingerprint density at radius 3 is 2.38 bits per heavy atom. The molecule has 1 unspecified atom stereocenters. The highest BCUT2D eigenvalue weighted by Gasteiger charge is 2.26. The third-order valence-corrected chi connectivity index (χ3v) is 2.06. The molecule has 3 heteroatoms. The molecule has 0 aromatic heterocycles. The number of carbonyl (C=O) groups excluding carboxylic acids is 1. The summed E-state index contributed by atoms with van der Waals surface area (Å²) in [5.41, 5.74) is 0. The molecule has 1 atom stereocenters. The van der Waals surface area contributed by atoms with E-state index in [0.717, 1.165) is 19.3 Å². The summed E-state index contributed by atoms with van der Waals surface area (Å²) in [6.07, 6.45) is 4.05. The van der Waals surface area contributed by atoms with Crippen molar-refractivity contribution < 1.29 is 14.6 Å². The van der Waals surface area contributed by atoms with Crippen LogP contribution in [0.4, 0.5) is 0 Å². The fourth-order valence-corrected chi connectivity index (χ4v) is 1.22. The van der Waals surface area contributed by atoms with Gasteiger partial charge in [0.2, 0.25) is 5.79 Å². The monoisotopic (exact) mass is 188 g/mol. The fraction of sp³-hybridized carbons (Fsp3) is 0.900. The second-order valence-corrected chi connectivity index (χ2v) is 3.35. The third kappa shape index (κ3) is 5.64. The first-order valence-electron chi connectivity index (χ1n) is 4.96. The highest BCUT2D eigenvalue weighted by molar-refractivity contribution is 5.66. The molecule has 0 fully saturated rings. The summed E-state index contributed by atoms with van der Waals surface area (Å²) in [4.78, 5) is 10.7. The van der Waals surface area contributed by atoms with Crippen LogP contribution in [0.2, 0.25) is 0 Å². The van der Waals surface area contributed by atoms with Gasteiger partial charge in [-0.2, -0.15) is 0 Å². The minimum absolute atomic E-state index is 0.416. The quantitative estimate of drug-likeness (QED) is 0.395. The molecule has 0 radical (unpaired) electrons. The molecule has 0 aliphatic rings. The molecule has 0 spiro atoms. The highest BCUT2D eigenvalue weighted by Crippen LogP contribution is 2.20. The van der Waals surface area contributed by atoms with Gasteiger partial charge in [0.05, 0.1) is 0 Å². The lowest BCUT2D eigenvalue weighted by Gasteiger charge is -2.25. The predicted octanol–water partition coefficient (Wildman–Crippen LogP) is 2.23. The maximum absolute atomic E-state index is 10.7. The van der Waals surface area contributed by atoms with E-state index < -0.39 is 11.8 Å². The van der Waals surface area contributed by atoms with Crippen molar-refractivity contribution >= 4 is 5.97 Å². The molecule has 0 saturated carbocycles. The number of ether oxygens (including phenoxy) is 1. The van der Waals surface area contributed by atoms with Gasteiger partial charge >= 0.3 is 5.97 Å². The number of unbranched alkanes of at least 4 members (excludes halogenated alkanes) is 2. The van der Waals surface area contributed by atoms with E-state index in [0.29, 0.717) is 12.8 Å². The Morgan fingerprint density at radius 1 is 1.38 bits per heavy atom. The Kier molecular flexibility index (Phi) is 5.71. The second-order valence-electron chi connectivity index (χ2n) is 3.35. The maximum Gasteiger partial charge on any atom is 0.305 e. The molecule has 0 aromatic carbocycles. The van der Waals surface area contributed by atoms with Crippen LogP contribution in [0.25, 0.3) is 0 Å². The molecule has 0 rings (SSSR count). The zero-order valence-corrected chi connectivity index (χ0v) is 8.80. The lowest BCUT2D eigenvalue weighted by molar-refractivity contribution is -0.211. The molecular formula is C10H20O3.